The fourth-order valence-corrected chi connectivity index (χ4v) is 3.63. The van der Waals surface area contributed by atoms with Crippen LogP contribution in [-0.2, 0) is 12.3 Å². The van der Waals surface area contributed by atoms with Gasteiger partial charge in [0.15, 0.2) is 5.16 Å². The molecular formula is C18H15Cl2FN4OS. The first-order valence-corrected chi connectivity index (χ1v) is 9.79. The molecule has 0 saturated carbocycles. The average Bonchev–Trinajstić information content (AvgIpc) is 2.66. The van der Waals surface area contributed by atoms with Gasteiger partial charge in [-0.15, -0.1) is 10.2 Å². The van der Waals surface area contributed by atoms with Crippen LogP contribution in [-0.4, -0.2) is 14.8 Å². The molecule has 1 heterocycles. The predicted molar refractivity (Wildman–Crippen MR) is 108 cm³/mol. The minimum atomic E-state index is -0.315. The number of hydrogen-bond acceptors (Lipinski definition) is 5. The lowest BCUT2D eigenvalue weighted by atomic mass is 10.2. The SMILES string of the molecule is CCn1c(SCc2ccc(F)cc2)nnc(Nc2cccc(Cl)c2Cl)c1=O. The van der Waals surface area contributed by atoms with Crippen molar-refractivity contribution >= 4 is 46.5 Å². The van der Waals surface area contributed by atoms with Gasteiger partial charge >= 0.3 is 0 Å². The van der Waals surface area contributed by atoms with Gasteiger partial charge in [-0.05, 0) is 36.8 Å². The van der Waals surface area contributed by atoms with Crippen LogP contribution in [0.2, 0.25) is 10.0 Å². The molecule has 0 aliphatic rings. The summed E-state index contributed by atoms with van der Waals surface area (Å²) >= 11 is 13.5. The van der Waals surface area contributed by atoms with E-state index in [1.165, 1.54) is 28.5 Å². The summed E-state index contributed by atoms with van der Waals surface area (Å²) in [6.07, 6.45) is 0. The van der Waals surface area contributed by atoms with Gasteiger partial charge in [-0.2, -0.15) is 0 Å². The molecule has 140 valence electrons. The highest BCUT2D eigenvalue weighted by atomic mass is 35.5. The quantitative estimate of drug-likeness (QED) is 0.555. The second kappa shape index (κ2) is 8.73. The Labute approximate surface area is 169 Å². The largest absolute Gasteiger partial charge is 0.333 e. The molecule has 5 nitrogen and oxygen atoms in total. The summed E-state index contributed by atoms with van der Waals surface area (Å²) < 4.78 is 14.5. The lowest BCUT2D eigenvalue weighted by molar-refractivity contribution is 0.597. The zero-order valence-electron chi connectivity index (χ0n) is 14.2. The number of aromatic nitrogens is 3. The van der Waals surface area contributed by atoms with Crippen LogP contribution in [0.4, 0.5) is 15.9 Å². The Kier molecular flexibility index (Phi) is 6.36. The molecule has 1 N–H and O–H groups in total. The van der Waals surface area contributed by atoms with Gasteiger partial charge < -0.3 is 5.32 Å². The first-order valence-electron chi connectivity index (χ1n) is 8.05. The Morgan fingerprint density at radius 1 is 1.15 bits per heavy atom. The van der Waals surface area contributed by atoms with Gasteiger partial charge in [0.05, 0.1) is 15.7 Å². The third-order valence-electron chi connectivity index (χ3n) is 3.72. The van der Waals surface area contributed by atoms with Crippen molar-refractivity contribution in [3.05, 3.63) is 74.2 Å². The lowest BCUT2D eigenvalue weighted by Gasteiger charge is -2.12. The van der Waals surface area contributed by atoms with E-state index in [0.29, 0.717) is 33.2 Å². The van der Waals surface area contributed by atoms with Crippen molar-refractivity contribution in [3.8, 4) is 0 Å². The molecule has 2 aromatic carbocycles. The Morgan fingerprint density at radius 2 is 1.89 bits per heavy atom. The van der Waals surface area contributed by atoms with E-state index < -0.39 is 0 Å². The molecule has 1 aromatic heterocycles. The summed E-state index contributed by atoms with van der Waals surface area (Å²) in [6.45, 7) is 2.28. The number of rotatable bonds is 6. The molecule has 0 unspecified atom stereocenters. The summed E-state index contributed by atoms with van der Waals surface area (Å²) in [5.74, 6) is 0.317. The second-order valence-electron chi connectivity index (χ2n) is 5.52. The summed E-state index contributed by atoms with van der Waals surface area (Å²) in [5.41, 5.74) is 1.08. The molecule has 0 fully saturated rings. The van der Waals surface area contributed by atoms with Crippen LogP contribution in [0.3, 0.4) is 0 Å². The van der Waals surface area contributed by atoms with Crippen LogP contribution >= 0.6 is 35.0 Å². The minimum absolute atomic E-state index is 0.0622. The van der Waals surface area contributed by atoms with Gasteiger partial charge in [-0.25, -0.2) is 4.39 Å². The molecule has 0 bridgehead atoms. The van der Waals surface area contributed by atoms with E-state index in [9.17, 15) is 9.18 Å². The van der Waals surface area contributed by atoms with Crippen molar-refractivity contribution in [2.24, 2.45) is 0 Å². The van der Waals surface area contributed by atoms with Crippen LogP contribution in [0, 0.1) is 5.82 Å². The molecule has 0 aliphatic carbocycles. The highest BCUT2D eigenvalue weighted by Crippen LogP contribution is 2.30. The summed E-state index contributed by atoms with van der Waals surface area (Å²) in [7, 11) is 0. The van der Waals surface area contributed by atoms with Crippen LogP contribution in [0.1, 0.15) is 12.5 Å². The van der Waals surface area contributed by atoms with Crippen LogP contribution < -0.4 is 10.9 Å². The molecular weight excluding hydrogens is 410 g/mol. The Morgan fingerprint density at radius 3 is 2.59 bits per heavy atom. The molecule has 9 heteroatoms. The summed E-state index contributed by atoms with van der Waals surface area (Å²) in [5, 5.41) is 12.2. The molecule has 0 atom stereocenters. The van der Waals surface area contributed by atoms with Gasteiger partial charge in [0.2, 0.25) is 5.82 Å². The van der Waals surface area contributed by atoms with Crippen molar-refractivity contribution in [2.75, 3.05) is 5.32 Å². The predicted octanol–water partition coefficient (Wildman–Crippen LogP) is 5.14. The van der Waals surface area contributed by atoms with Crippen LogP contribution in [0.15, 0.2) is 52.4 Å². The Bertz CT molecular complexity index is 1010. The molecule has 0 spiro atoms. The van der Waals surface area contributed by atoms with E-state index in [4.69, 9.17) is 23.2 Å². The highest BCUT2D eigenvalue weighted by molar-refractivity contribution is 7.98. The molecule has 0 saturated heterocycles. The lowest BCUT2D eigenvalue weighted by Crippen LogP contribution is -2.26. The normalized spacial score (nSPS) is 10.8. The van der Waals surface area contributed by atoms with Gasteiger partial charge in [-0.1, -0.05) is 53.2 Å². The van der Waals surface area contributed by atoms with Gasteiger partial charge in [0.1, 0.15) is 5.82 Å². The van der Waals surface area contributed by atoms with Crippen molar-refractivity contribution in [1.82, 2.24) is 14.8 Å². The first kappa shape index (κ1) is 19.7. The monoisotopic (exact) mass is 424 g/mol. The van der Waals surface area contributed by atoms with Crippen LogP contribution in [0.25, 0.3) is 0 Å². The maximum absolute atomic E-state index is 13.0. The van der Waals surface area contributed by atoms with Gasteiger partial charge in [0.25, 0.3) is 5.56 Å². The molecule has 3 rings (SSSR count). The summed E-state index contributed by atoms with van der Waals surface area (Å²) in [6, 6.07) is 11.3. The second-order valence-corrected chi connectivity index (χ2v) is 7.25. The zero-order valence-corrected chi connectivity index (χ0v) is 16.6. The van der Waals surface area contributed by atoms with Gasteiger partial charge in [0, 0.05) is 12.3 Å². The molecule has 0 aliphatic heterocycles. The van der Waals surface area contributed by atoms with E-state index >= 15 is 0 Å². The first-order chi connectivity index (χ1) is 13.0. The maximum Gasteiger partial charge on any atom is 0.297 e. The number of thioether (sulfide) groups is 1. The van der Waals surface area contributed by atoms with Crippen molar-refractivity contribution in [1.29, 1.82) is 0 Å². The molecule has 27 heavy (non-hydrogen) atoms. The average molecular weight is 425 g/mol. The molecule has 3 aromatic rings. The zero-order chi connectivity index (χ0) is 19.4. The van der Waals surface area contributed by atoms with E-state index in [-0.39, 0.29) is 17.2 Å². The van der Waals surface area contributed by atoms with E-state index in [1.54, 1.807) is 30.3 Å². The number of nitrogens with one attached hydrogen (secondary N) is 1. The third-order valence-corrected chi connectivity index (χ3v) is 5.57. The third kappa shape index (κ3) is 4.61. The fourth-order valence-electron chi connectivity index (χ4n) is 2.32. The number of hydrogen-bond donors (Lipinski definition) is 1. The maximum atomic E-state index is 13.0. The van der Waals surface area contributed by atoms with Crippen molar-refractivity contribution in [3.63, 3.8) is 0 Å². The molecule has 0 amide bonds. The Hall–Kier alpha value is -2.09. The number of halogens is 3. The smallest absolute Gasteiger partial charge is 0.297 e. The fraction of sp³-hybridized carbons (Fsp3) is 0.167. The molecule has 0 radical (unpaired) electrons. The van der Waals surface area contributed by atoms with Crippen molar-refractivity contribution < 1.29 is 4.39 Å². The van der Waals surface area contributed by atoms with E-state index in [0.717, 1.165) is 5.56 Å². The Balaban J connectivity index is 1.83. The summed E-state index contributed by atoms with van der Waals surface area (Å²) in [4.78, 5) is 12.7. The van der Waals surface area contributed by atoms with E-state index in [1.807, 2.05) is 6.92 Å². The van der Waals surface area contributed by atoms with E-state index in [2.05, 4.69) is 15.5 Å². The van der Waals surface area contributed by atoms with Gasteiger partial charge in [-0.3, -0.25) is 9.36 Å². The topological polar surface area (TPSA) is 59.8 Å². The van der Waals surface area contributed by atoms with Crippen LogP contribution in [0.5, 0.6) is 0 Å². The number of nitrogens with zero attached hydrogens (tertiary/aromatic N) is 3. The number of anilines is 2. The van der Waals surface area contributed by atoms with Crippen molar-refractivity contribution in [2.45, 2.75) is 24.4 Å². The standard InChI is InChI=1S/C18H15Cl2FN4OS/c1-2-25-17(26)16(22-14-5-3-4-13(19)15(14)20)23-24-18(25)27-10-11-6-8-12(21)9-7-11/h3-9H,2,10H2,1H3,(H,22,23). The minimum Gasteiger partial charge on any atom is -0.333 e. The number of benzene rings is 2. The highest BCUT2D eigenvalue weighted by Gasteiger charge is 2.14.